The van der Waals surface area contributed by atoms with Crippen molar-refractivity contribution in [2.24, 2.45) is 11.5 Å². The first-order chi connectivity index (χ1) is 9.54. The van der Waals surface area contributed by atoms with Gasteiger partial charge in [-0.1, -0.05) is 12.1 Å². The van der Waals surface area contributed by atoms with Gasteiger partial charge in [-0.05, 0) is 12.1 Å². The first-order valence-electron chi connectivity index (χ1n) is 6.10. The van der Waals surface area contributed by atoms with Crippen molar-refractivity contribution in [1.29, 1.82) is 0 Å². The SMILES string of the molecule is COCC(N)C(=O)Nc1ccccc1OCCC(N)=O. The molecular formula is C13H19N3O4. The lowest BCUT2D eigenvalue weighted by Crippen LogP contribution is -2.39. The maximum Gasteiger partial charge on any atom is 0.243 e. The van der Waals surface area contributed by atoms with Crippen LogP contribution in [0.4, 0.5) is 5.69 Å². The molecule has 1 rings (SSSR count). The molecule has 0 spiro atoms. The summed E-state index contributed by atoms with van der Waals surface area (Å²) in [6, 6.07) is 6.09. The average Bonchev–Trinajstić information content (AvgIpc) is 2.40. The van der Waals surface area contributed by atoms with E-state index in [9.17, 15) is 9.59 Å². The Morgan fingerprint density at radius 2 is 2.05 bits per heavy atom. The molecule has 0 aliphatic carbocycles. The molecule has 0 aromatic heterocycles. The van der Waals surface area contributed by atoms with Gasteiger partial charge in [0.1, 0.15) is 11.8 Å². The molecule has 0 heterocycles. The number of methoxy groups -OCH3 is 1. The second kappa shape index (κ2) is 8.13. The smallest absolute Gasteiger partial charge is 0.243 e. The van der Waals surface area contributed by atoms with Crippen molar-refractivity contribution in [2.45, 2.75) is 12.5 Å². The van der Waals surface area contributed by atoms with Gasteiger partial charge in [-0.15, -0.1) is 0 Å². The minimum Gasteiger partial charge on any atom is -0.491 e. The first-order valence-corrected chi connectivity index (χ1v) is 6.10. The molecule has 110 valence electrons. The van der Waals surface area contributed by atoms with Crippen molar-refractivity contribution < 1.29 is 19.1 Å². The Hall–Kier alpha value is -2.12. The summed E-state index contributed by atoms with van der Waals surface area (Å²) in [6.45, 7) is 0.267. The molecule has 0 fully saturated rings. The Labute approximate surface area is 117 Å². The van der Waals surface area contributed by atoms with Gasteiger partial charge in [0.05, 0.1) is 25.3 Å². The zero-order valence-corrected chi connectivity index (χ0v) is 11.3. The molecule has 0 aliphatic rings. The summed E-state index contributed by atoms with van der Waals surface area (Å²) < 4.78 is 10.2. The van der Waals surface area contributed by atoms with Gasteiger partial charge in [0.2, 0.25) is 11.8 Å². The van der Waals surface area contributed by atoms with Crippen molar-refractivity contribution in [3.8, 4) is 5.75 Å². The molecule has 0 bridgehead atoms. The number of ether oxygens (including phenoxy) is 2. The van der Waals surface area contributed by atoms with Gasteiger partial charge >= 0.3 is 0 Å². The fraction of sp³-hybridized carbons (Fsp3) is 0.385. The van der Waals surface area contributed by atoms with Crippen molar-refractivity contribution in [3.63, 3.8) is 0 Å². The molecular weight excluding hydrogens is 262 g/mol. The average molecular weight is 281 g/mol. The molecule has 1 aromatic rings. The first kappa shape index (κ1) is 15.9. The minimum absolute atomic E-state index is 0.103. The second-order valence-corrected chi connectivity index (χ2v) is 4.11. The molecule has 1 atom stereocenters. The number of amides is 2. The highest BCUT2D eigenvalue weighted by Crippen LogP contribution is 2.23. The highest BCUT2D eigenvalue weighted by atomic mass is 16.5. The third kappa shape index (κ3) is 5.25. The van der Waals surface area contributed by atoms with Gasteiger partial charge in [0, 0.05) is 7.11 Å². The molecule has 7 nitrogen and oxygen atoms in total. The Balaban J connectivity index is 2.65. The van der Waals surface area contributed by atoms with Crippen LogP contribution in [-0.4, -0.2) is 38.2 Å². The van der Waals surface area contributed by atoms with Crippen LogP contribution in [0, 0.1) is 0 Å². The number of nitrogens with one attached hydrogen (secondary N) is 1. The van der Waals surface area contributed by atoms with E-state index < -0.39 is 11.9 Å². The van der Waals surface area contributed by atoms with Crippen LogP contribution in [0.1, 0.15) is 6.42 Å². The minimum atomic E-state index is -0.765. The van der Waals surface area contributed by atoms with Gasteiger partial charge in [0.15, 0.2) is 0 Å². The second-order valence-electron chi connectivity index (χ2n) is 4.11. The maximum absolute atomic E-state index is 11.8. The fourth-order valence-corrected chi connectivity index (χ4v) is 1.44. The number of para-hydroxylation sites is 2. The zero-order chi connectivity index (χ0) is 15.0. The zero-order valence-electron chi connectivity index (χ0n) is 11.3. The topological polar surface area (TPSA) is 117 Å². The number of hydrogen-bond donors (Lipinski definition) is 3. The van der Waals surface area contributed by atoms with Gasteiger partial charge < -0.3 is 26.3 Å². The number of benzene rings is 1. The third-order valence-electron chi connectivity index (χ3n) is 2.43. The van der Waals surface area contributed by atoms with Crippen molar-refractivity contribution in [1.82, 2.24) is 0 Å². The van der Waals surface area contributed by atoms with Gasteiger partial charge in [-0.25, -0.2) is 0 Å². The molecule has 1 aromatic carbocycles. The highest BCUT2D eigenvalue weighted by Gasteiger charge is 2.15. The van der Waals surface area contributed by atoms with Gasteiger partial charge in [0.25, 0.3) is 0 Å². The summed E-state index contributed by atoms with van der Waals surface area (Å²) in [4.78, 5) is 22.4. The van der Waals surface area contributed by atoms with E-state index in [2.05, 4.69) is 5.32 Å². The van der Waals surface area contributed by atoms with Crippen molar-refractivity contribution in [3.05, 3.63) is 24.3 Å². The predicted octanol–water partition coefficient (Wildman–Crippen LogP) is -0.147. The van der Waals surface area contributed by atoms with Crippen molar-refractivity contribution in [2.75, 3.05) is 25.6 Å². The van der Waals surface area contributed by atoms with Crippen LogP contribution in [-0.2, 0) is 14.3 Å². The standard InChI is InChI=1S/C13H19N3O4/c1-19-8-9(14)13(18)16-10-4-2-3-5-11(10)20-7-6-12(15)17/h2-5,9H,6-8,14H2,1H3,(H2,15,17)(H,16,18). The molecule has 1 unspecified atom stereocenters. The molecule has 0 radical (unpaired) electrons. The largest absolute Gasteiger partial charge is 0.491 e. The third-order valence-corrected chi connectivity index (χ3v) is 2.43. The Morgan fingerprint density at radius 1 is 1.35 bits per heavy atom. The fourth-order valence-electron chi connectivity index (χ4n) is 1.44. The van der Waals surface area contributed by atoms with E-state index >= 15 is 0 Å². The summed E-state index contributed by atoms with van der Waals surface area (Å²) >= 11 is 0. The van der Waals surface area contributed by atoms with Crippen LogP contribution in [0.3, 0.4) is 0 Å². The van der Waals surface area contributed by atoms with Crippen LogP contribution in [0.25, 0.3) is 0 Å². The lowest BCUT2D eigenvalue weighted by Gasteiger charge is -2.14. The van der Waals surface area contributed by atoms with E-state index in [4.69, 9.17) is 20.9 Å². The molecule has 0 saturated heterocycles. The Bertz CT molecular complexity index is 465. The number of carbonyl (C=O) groups is 2. The summed E-state index contributed by atoms with van der Waals surface area (Å²) in [5, 5.41) is 2.65. The number of anilines is 1. The van der Waals surface area contributed by atoms with E-state index in [1.807, 2.05) is 0 Å². The van der Waals surface area contributed by atoms with Crippen LogP contribution < -0.4 is 21.5 Å². The highest BCUT2D eigenvalue weighted by molar-refractivity contribution is 5.96. The van der Waals surface area contributed by atoms with Crippen LogP contribution in [0.5, 0.6) is 5.75 Å². The lowest BCUT2D eigenvalue weighted by molar-refractivity contribution is -0.119. The van der Waals surface area contributed by atoms with Crippen molar-refractivity contribution >= 4 is 17.5 Å². The number of primary amides is 1. The molecule has 2 amide bonds. The number of hydrogen-bond acceptors (Lipinski definition) is 5. The Kier molecular flexibility index (Phi) is 6.48. The number of nitrogens with two attached hydrogens (primary N) is 2. The molecule has 0 aliphatic heterocycles. The predicted molar refractivity (Wildman–Crippen MR) is 74.2 cm³/mol. The van der Waals surface area contributed by atoms with Crippen LogP contribution in [0.15, 0.2) is 24.3 Å². The lowest BCUT2D eigenvalue weighted by atomic mass is 10.2. The molecule has 0 saturated carbocycles. The molecule has 5 N–H and O–H groups in total. The molecule has 20 heavy (non-hydrogen) atoms. The summed E-state index contributed by atoms with van der Waals surface area (Å²) in [5.74, 6) is -0.377. The van der Waals surface area contributed by atoms with E-state index in [-0.39, 0.29) is 25.5 Å². The van der Waals surface area contributed by atoms with Crippen LogP contribution >= 0.6 is 0 Å². The van der Waals surface area contributed by atoms with Gasteiger partial charge in [-0.3, -0.25) is 9.59 Å². The summed E-state index contributed by atoms with van der Waals surface area (Å²) in [5.41, 5.74) is 11.1. The van der Waals surface area contributed by atoms with Gasteiger partial charge in [-0.2, -0.15) is 0 Å². The summed E-state index contributed by atoms with van der Waals surface area (Å²) in [7, 11) is 1.47. The van der Waals surface area contributed by atoms with E-state index in [1.54, 1.807) is 24.3 Å². The summed E-state index contributed by atoms with van der Waals surface area (Å²) in [6.07, 6.45) is 0.103. The number of rotatable bonds is 8. The van der Waals surface area contributed by atoms with E-state index in [0.717, 1.165) is 0 Å². The van der Waals surface area contributed by atoms with E-state index in [1.165, 1.54) is 7.11 Å². The maximum atomic E-state index is 11.8. The molecule has 7 heteroatoms. The quantitative estimate of drug-likeness (QED) is 0.613. The van der Waals surface area contributed by atoms with Crippen LogP contribution in [0.2, 0.25) is 0 Å². The number of carbonyl (C=O) groups excluding carboxylic acids is 2. The normalized spacial score (nSPS) is 11.7. The monoisotopic (exact) mass is 281 g/mol. The van der Waals surface area contributed by atoms with E-state index in [0.29, 0.717) is 11.4 Å². The Morgan fingerprint density at radius 3 is 2.70 bits per heavy atom.